The number of esters is 1. The van der Waals surface area contributed by atoms with E-state index in [1.807, 2.05) is 0 Å². The molecule has 0 radical (unpaired) electrons. The molecule has 1 aliphatic rings. The molecule has 2 N–H and O–H groups in total. The van der Waals surface area contributed by atoms with E-state index in [0.717, 1.165) is 0 Å². The fraction of sp³-hybridized carbons (Fsp3) is 0.462. The number of hydrogen-bond donors (Lipinski definition) is 1. The minimum Gasteiger partial charge on any atom is -0.459 e. The predicted octanol–water partition coefficient (Wildman–Crippen LogP) is 1.63. The number of sulfonamides is 1. The zero-order chi connectivity index (χ0) is 15.6. The Morgan fingerprint density at radius 3 is 2.57 bits per heavy atom. The lowest BCUT2D eigenvalue weighted by Crippen LogP contribution is -2.26. The molecule has 1 aliphatic heterocycles. The summed E-state index contributed by atoms with van der Waals surface area (Å²) in [5.41, 5.74) is 0.569. The van der Waals surface area contributed by atoms with Crippen LogP contribution in [0.5, 0.6) is 0 Å². The first-order chi connectivity index (χ1) is 9.79. The molecule has 0 atom stereocenters. The standard InChI is InChI=1S/C13H16ClNO5S/c1-8-11(6-10(7-12(8)14)21(15,17)18)13(16)20-9-2-4-19-5-3-9/h6-7,9H,2-5H2,1H3,(H2,15,17,18). The average Bonchev–Trinajstić information content (AvgIpc) is 2.41. The second kappa shape index (κ2) is 6.31. The van der Waals surface area contributed by atoms with Crippen molar-refractivity contribution in [2.24, 2.45) is 5.14 Å². The lowest BCUT2D eigenvalue weighted by Gasteiger charge is -2.22. The molecule has 1 aromatic rings. The maximum atomic E-state index is 12.2. The van der Waals surface area contributed by atoms with Crippen LogP contribution in [-0.2, 0) is 19.5 Å². The van der Waals surface area contributed by atoms with Crippen molar-refractivity contribution in [1.29, 1.82) is 0 Å². The highest BCUT2D eigenvalue weighted by atomic mass is 35.5. The highest BCUT2D eigenvalue weighted by Crippen LogP contribution is 2.25. The van der Waals surface area contributed by atoms with Gasteiger partial charge in [0.05, 0.1) is 23.7 Å². The van der Waals surface area contributed by atoms with Gasteiger partial charge in [-0.1, -0.05) is 11.6 Å². The van der Waals surface area contributed by atoms with Gasteiger partial charge >= 0.3 is 5.97 Å². The molecule has 0 bridgehead atoms. The highest BCUT2D eigenvalue weighted by Gasteiger charge is 2.23. The van der Waals surface area contributed by atoms with E-state index in [9.17, 15) is 13.2 Å². The fourth-order valence-corrected chi connectivity index (χ4v) is 2.89. The van der Waals surface area contributed by atoms with Crippen LogP contribution in [-0.4, -0.2) is 33.7 Å². The smallest absolute Gasteiger partial charge is 0.338 e. The van der Waals surface area contributed by atoms with Crippen LogP contribution in [0, 0.1) is 6.92 Å². The largest absolute Gasteiger partial charge is 0.459 e. The number of benzene rings is 1. The van der Waals surface area contributed by atoms with Gasteiger partial charge in [0.1, 0.15) is 6.10 Å². The second-order valence-corrected chi connectivity index (χ2v) is 6.81. The Bertz CT molecular complexity index is 653. The Morgan fingerprint density at radius 2 is 2.00 bits per heavy atom. The van der Waals surface area contributed by atoms with Gasteiger partial charge in [0.15, 0.2) is 0 Å². The maximum Gasteiger partial charge on any atom is 0.338 e. The van der Waals surface area contributed by atoms with E-state index in [1.165, 1.54) is 12.1 Å². The molecule has 1 fully saturated rings. The number of hydrogen-bond acceptors (Lipinski definition) is 5. The van der Waals surface area contributed by atoms with Crippen molar-refractivity contribution in [3.8, 4) is 0 Å². The van der Waals surface area contributed by atoms with Crippen LogP contribution in [0.25, 0.3) is 0 Å². The highest BCUT2D eigenvalue weighted by molar-refractivity contribution is 7.89. The summed E-state index contributed by atoms with van der Waals surface area (Å²) in [5, 5.41) is 5.23. The summed E-state index contributed by atoms with van der Waals surface area (Å²) in [6, 6.07) is 2.41. The van der Waals surface area contributed by atoms with Gasteiger partial charge in [0, 0.05) is 17.9 Å². The van der Waals surface area contributed by atoms with Crippen LogP contribution >= 0.6 is 11.6 Å². The van der Waals surface area contributed by atoms with Crippen LogP contribution in [0.1, 0.15) is 28.8 Å². The van der Waals surface area contributed by atoms with E-state index < -0.39 is 16.0 Å². The van der Waals surface area contributed by atoms with E-state index in [4.69, 9.17) is 26.2 Å². The number of nitrogens with two attached hydrogens (primary N) is 1. The first-order valence-corrected chi connectivity index (χ1v) is 8.33. The number of ether oxygens (including phenoxy) is 2. The summed E-state index contributed by atoms with van der Waals surface area (Å²) < 4.78 is 33.4. The molecule has 1 heterocycles. The second-order valence-electron chi connectivity index (χ2n) is 4.84. The van der Waals surface area contributed by atoms with Crippen LogP contribution in [0.3, 0.4) is 0 Å². The van der Waals surface area contributed by atoms with Crippen molar-refractivity contribution in [1.82, 2.24) is 0 Å². The summed E-state index contributed by atoms with van der Waals surface area (Å²) in [6.45, 7) is 2.69. The minimum atomic E-state index is -3.94. The van der Waals surface area contributed by atoms with Gasteiger partial charge in [0.2, 0.25) is 10.0 Å². The van der Waals surface area contributed by atoms with E-state index in [2.05, 4.69) is 0 Å². The van der Waals surface area contributed by atoms with Crippen molar-refractivity contribution in [3.63, 3.8) is 0 Å². The van der Waals surface area contributed by atoms with Crippen LogP contribution in [0.2, 0.25) is 5.02 Å². The van der Waals surface area contributed by atoms with Gasteiger partial charge in [-0.3, -0.25) is 0 Å². The molecule has 0 saturated carbocycles. The lowest BCUT2D eigenvalue weighted by atomic mass is 10.1. The molecule has 0 aliphatic carbocycles. The molecule has 2 rings (SSSR count). The lowest BCUT2D eigenvalue weighted by molar-refractivity contribution is -0.0159. The molecule has 21 heavy (non-hydrogen) atoms. The number of halogens is 1. The Morgan fingerprint density at radius 1 is 1.38 bits per heavy atom. The summed E-state index contributed by atoms with van der Waals surface area (Å²) >= 11 is 5.96. The number of primary sulfonamides is 1. The number of carbonyl (C=O) groups excluding carboxylic acids is 1. The van der Waals surface area contributed by atoms with Gasteiger partial charge in [-0.25, -0.2) is 18.4 Å². The molecular formula is C13H16ClNO5S. The quantitative estimate of drug-likeness (QED) is 0.848. The van der Waals surface area contributed by atoms with Crippen molar-refractivity contribution in [2.45, 2.75) is 30.8 Å². The molecule has 1 saturated heterocycles. The Labute approximate surface area is 128 Å². The van der Waals surface area contributed by atoms with Gasteiger partial charge in [-0.15, -0.1) is 0 Å². The summed E-state index contributed by atoms with van der Waals surface area (Å²) in [4.78, 5) is 12.0. The third kappa shape index (κ3) is 3.94. The summed E-state index contributed by atoms with van der Waals surface area (Å²) in [7, 11) is -3.94. The zero-order valence-electron chi connectivity index (χ0n) is 11.5. The molecule has 0 unspecified atom stereocenters. The SMILES string of the molecule is Cc1c(Cl)cc(S(N)(=O)=O)cc1C(=O)OC1CCOCC1. The monoisotopic (exact) mass is 333 g/mol. The molecule has 0 amide bonds. The first kappa shape index (κ1) is 16.2. The molecule has 0 aromatic heterocycles. The number of carbonyl (C=O) groups is 1. The summed E-state index contributed by atoms with van der Waals surface area (Å²) in [6.07, 6.45) is 1.00. The van der Waals surface area contributed by atoms with Gasteiger partial charge in [-0.2, -0.15) is 0 Å². The Hall–Kier alpha value is -1.15. The minimum absolute atomic E-state index is 0.109. The number of rotatable bonds is 3. The van der Waals surface area contributed by atoms with Crippen molar-refractivity contribution in [2.75, 3.05) is 13.2 Å². The van der Waals surface area contributed by atoms with Crippen molar-refractivity contribution >= 4 is 27.6 Å². The van der Waals surface area contributed by atoms with E-state index in [0.29, 0.717) is 31.6 Å². The fourth-order valence-electron chi connectivity index (χ4n) is 2.04. The maximum absolute atomic E-state index is 12.2. The van der Waals surface area contributed by atoms with Crippen LogP contribution in [0.15, 0.2) is 17.0 Å². The molecule has 6 nitrogen and oxygen atoms in total. The third-order valence-corrected chi connectivity index (χ3v) is 4.59. The predicted molar refractivity (Wildman–Crippen MR) is 76.8 cm³/mol. The van der Waals surface area contributed by atoms with Crippen molar-refractivity contribution < 1.29 is 22.7 Å². The Kier molecular flexibility index (Phi) is 4.88. The summed E-state index contributed by atoms with van der Waals surface area (Å²) in [5.74, 6) is -0.605. The molecular weight excluding hydrogens is 318 g/mol. The molecule has 116 valence electrons. The third-order valence-electron chi connectivity index (χ3n) is 3.31. The zero-order valence-corrected chi connectivity index (χ0v) is 13.0. The Balaban J connectivity index is 2.29. The normalized spacial score (nSPS) is 16.7. The van der Waals surface area contributed by atoms with Gasteiger partial charge < -0.3 is 9.47 Å². The molecule has 0 spiro atoms. The van der Waals surface area contributed by atoms with Gasteiger partial charge in [-0.05, 0) is 24.6 Å². The topological polar surface area (TPSA) is 95.7 Å². The van der Waals surface area contributed by atoms with Crippen LogP contribution in [0.4, 0.5) is 0 Å². The average molecular weight is 334 g/mol. The first-order valence-electron chi connectivity index (χ1n) is 6.40. The van der Waals surface area contributed by atoms with Gasteiger partial charge in [0.25, 0.3) is 0 Å². The van der Waals surface area contributed by atoms with E-state index in [-0.39, 0.29) is 21.6 Å². The van der Waals surface area contributed by atoms with Crippen molar-refractivity contribution in [3.05, 3.63) is 28.3 Å². The molecule has 8 heteroatoms. The van der Waals surface area contributed by atoms with Crippen LogP contribution < -0.4 is 5.14 Å². The van der Waals surface area contributed by atoms with E-state index >= 15 is 0 Å². The van der Waals surface area contributed by atoms with E-state index in [1.54, 1.807) is 6.92 Å². The molecule has 1 aromatic carbocycles.